The number of nitrogens with zero attached hydrogens (tertiary/aromatic N) is 2. The van der Waals surface area contributed by atoms with E-state index in [1.54, 1.807) is 5.56 Å². The summed E-state index contributed by atoms with van der Waals surface area (Å²) in [7, 11) is 2.23. The first-order valence-corrected chi connectivity index (χ1v) is 15.7. The maximum atomic E-state index is 2.68. The second-order valence-electron chi connectivity index (χ2n) is 14.0. The molecule has 4 aromatic carbocycles. The van der Waals surface area contributed by atoms with Crippen LogP contribution in [0.15, 0.2) is 85.1 Å². The molecule has 0 unspecified atom stereocenters. The van der Waals surface area contributed by atoms with E-state index in [0.29, 0.717) is 5.41 Å². The maximum Gasteiger partial charge on any atom is 0.224 e. The van der Waals surface area contributed by atoms with Gasteiger partial charge in [-0.1, -0.05) is 60.7 Å². The van der Waals surface area contributed by atoms with E-state index in [-0.39, 0.29) is 0 Å². The van der Waals surface area contributed by atoms with Crippen LogP contribution in [0.1, 0.15) is 49.7 Å². The van der Waals surface area contributed by atoms with Crippen LogP contribution >= 0.6 is 0 Å². The number of hydrogen-bond acceptors (Lipinski definition) is 0. The highest BCUT2D eigenvalue weighted by Gasteiger charge is 2.51. The van der Waals surface area contributed by atoms with Gasteiger partial charge in [0.15, 0.2) is 6.20 Å². The molecule has 0 radical (unpaired) electrons. The summed E-state index contributed by atoms with van der Waals surface area (Å²) < 4.78 is 5.05. The molecule has 3 heterocycles. The van der Waals surface area contributed by atoms with E-state index in [9.17, 15) is 0 Å². The number of hydrogen-bond donors (Lipinski definition) is 0. The van der Waals surface area contributed by atoms with E-state index in [1.165, 1.54) is 104 Å². The van der Waals surface area contributed by atoms with Gasteiger partial charge in [0.05, 0.1) is 27.3 Å². The minimum absolute atomic E-state index is 0.356. The summed E-state index contributed by atoms with van der Waals surface area (Å²) in [5.41, 5.74) is 11.4. The third kappa shape index (κ3) is 2.86. The van der Waals surface area contributed by atoms with Crippen LogP contribution in [0.3, 0.4) is 0 Å². The number of para-hydroxylation sites is 1. The van der Waals surface area contributed by atoms with Crippen molar-refractivity contribution in [3.8, 4) is 11.1 Å². The predicted molar refractivity (Wildman–Crippen MR) is 170 cm³/mol. The van der Waals surface area contributed by atoms with E-state index in [1.807, 2.05) is 0 Å². The Morgan fingerprint density at radius 1 is 0.732 bits per heavy atom. The third-order valence-electron chi connectivity index (χ3n) is 11.6. The second kappa shape index (κ2) is 7.68. The predicted octanol–water partition coefficient (Wildman–Crippen LogP) is 9.26. The lowest BCUT2D eigenvalue weighted by atomic mass is 9.48. The Labute approximate surface area is 240 Å². The quantitative estimate of drug-likeness (QED) is 0.119. The van der Waals surface area contributed by atoms with E-state index >= 15 is 0 Å². The highest BCUT2D eigenvalue weighted by Crippen LogP contribution is 2.61. The van der Waals surface area contributed by atoms with Crippen molar-refractivity contribution in [3.63, 3.8) is 0 Å². The lowest BCUT2D eigenvalue weighted by Gasteiger charge is -2.57. The van der Waals surface area contributed by atoms with E-state index < -0.39 is 0 Å². The topological polar surface area (TPSA) is 8.29 Å². The molecule has 0 atom stereocenters. The van der Waals surface area contributed by atoms with Gasteiger partial charge in [0.25, 0.3) is 0 Å². The minimum Gasteiger partial charge on any atom is -0.307 e. The molecule has 4 bridgehead atoms. The molecule has 3 aromatic heterocycles. The van der Waals surface area contributed by atoms with Crippen molar-refractivity contribution >= 4 is 49.0 Å². The third-order valence-corrected chi connectivity index (χ3v) is 11.6. The van der Waals surface area contributed by atoms with E-state index in [4.69, 9.17) is 0 Å². The number of pyridine rings is 2. The van der Waals surface area contributed by atoms with Crippen molar-refractivity contribution in [1.82, 2.24) is 4.40 Å². The SMILES string of the molecule is Cc1ccc2c3cccc(-c4ccccc4)c3n3c4cc(C56CC7CC(CC(C7)C5)C6)cc5cc[n+](C)c(c1c23)c54. The van der Waals surface area contributed by atoms with Crippen LogP contribution in [0.25, 0.3) is 60.1 Å². The van der Waals surface area contributed by atoms with Gasteiger partial charge in [-0.05, 0) is 103 Å². The van der Waals surface area contributed by atoms with Gasteiger partial charge in [0.1, 0.15) is 7.05 Å². The summed E-state index contributed by atoms with van der Waals surface area (Å²) in [6.45, 7) is 2.29. The van der Waals surface area contributed by atoms with Gasteiger partial charge in [-0.15, -0.1) is 0 Å². The summed E-state index contributed by atoms with van der Waals surface area (Å²) in [6, 6.07) is 30.3. The van der Waals surface area contributed by atoms with Crippen LogP contribution in [0.4, 0.5) is 0 Å². The molecule has 2 nitrogen and oxygen atoms in total. The summed E-state index contributed by atoms with van der Waals surface area (Å²) in [6.07, 6.45) is 10.9. The first-order chi connectivity index (χ1) is 20.1. The molecule has 0 amide bonds. The Morgan fingerprint density at radius 2 is 1.46 bits per heavy atom. The molecule has 200 valence electrons. The minimum atomic E-state index is 0.356. The molecule has 4 saturated carbocycles. The van der Waals surface area contributed by atoms with Crippen LogP contribution in [0.5, 0.6) is 0 Å². The molecule has 0 aliphatic heterocycles. The van der Waals surface area contributed by atoms with Crippen LogP contribution in [-0.4, -0.2) is 4.40 Å². The van der Waals surface area contributed by atoms with Crippen LogP contribution in [-0.2, 0) is 12.5 Å². The highest BCUT2D eigenvalue weighted by molar-refractivity contribution is 6.27. The van der Waals surface area contributed by atoms with Gasteiger partial charge in [-0.3, -0.25) is 0 Å². The molecule has 11 rings (SSSR count). The Kier molecular flexibility index (Phi) is 4.26. The molecule has 0 saturated heterocycles. The highest BCUT2D eigenvalue weighted by atomic mass is 15.0. The van der Waals surface area contributed by atoms with Crippen molar-refractivity contribution in [1.29, 1.82) is 0 Å². The zero-order valence-corrected chi connectivity index (χ0v) is 24.0. The fourth-order valence-corrected chi connectivity index (χ4v) is 10.4. The maximum absolute atomic E-state index is 2.68. The largest absolute Gasteiger partial charge is 0.307 e. The average Bonchev–Trinajstić information content (AvgIpc) is 3.32. The molecule has 0 spiro atoms. The fraction of sp³-hybridized carbons (Fsp3) is 0.308. The Morgan fingerprint density at radius 3 is 2.22 bits per heavy atom. The van der Waals surface area contributed by atoms with Gasteiger partial charge in [-0.2, -0.15) is 0 Å². The zero-order valence-electron chi connectivity index (χ0n) is 24.0. The standard InChI is InChI=1S/C39H35N2/c1-23-11-12-32-31-10-6-9-30(27-7-4-3-5-8-27)36(31)41-33-19-29(39-20-24-15-25(21-39)17-26(16-24)22-39)18-28-13-14-40(2)38(35(28)33)34(23)37(32)41/h3-14,18-19,24-26H,15-17,20-22H2,1-2H3/q+1. The molecule has 41 heavy (non-hydrogen) atoms. The molecular weight excluding hydrogens is 496 g/mol. The van der Waals surface area contributed by atoms with Crippen LogP contribution < -0.4 is 4.57 Å². The number of aromatic nitrogens is 2. The summed E-state index contributed by atoms with van der Waals surface area (Å²) in [5.74, 6) is 2.80. The number of rotatable bonds is 2. The Balaban J connectivity index is 1.43. The molecule has 4 aliphatic rings. The molecule has 7 aromatic rings. The van der Waals surface area contributed by atoms with E-state index in [0.717, 1.165) is 17.8 Å². The molecule has 4 aliphatic carbocycles. The van der Waals surface area contributed by atoms with Crippen molar-refractivity contribution in [2.45, 2.75) is 50.9 Å². The van der Waals surface area contributed by atoms with E-state index in [2.05, 4.69) is 108 Å². The van der Waals surface area contributed by atoms with Crippen molar-refractivity contribution in [2.24, 2.45) is 24.8 Å². The van der Waals surface area contributed by atoms with Gasteiger partial charge < -0.3 is 4.40 Å². The average molecular weight is 532 g/mol. The first kappa shape index (κ1) is 22.7. The second-order valence-corrected chi connectivity index (χ2v) is 14.0. The van der Waals surface area contributed by atoms with Gasteiger partial charge >= 0.3 is 0 Å². The lowest BCUT2D eigenvalue weighted by molar-refractivity contribution is -0.643. The number of fused-ring (bicyclic) bond motifs is 5. The Hall–Kier alpha value is -3.91. The van der Waals surface area contributed by atoms with Gasteiger partial charge in [0.2, 0.25) is 5.52 Å². The number of benzene rings is 4. The zero-order chi connectivity index (χ0) is 27.0. The smallest absolute Gasteiger partial charge is 0.224 e. The fourth-order valence-electron chi connectivity index (χ4n) is 10.4. The monoisotopic (exact) mass is 531 g/mol. The van der Waals surface area contributed by atoms with Gasteiger partial charge in [-0.25, -0.2) is 4.57 Å². The van der Waals surface area contributed by atoms with Crippen molar-refractivity contribution < 1.29 is 4.57 Å². The van der Waals surface area contributed by atoms with Crippen molar-refractivity contribution in [2.75, 3.05) is 0 Å². The normalized spacial score (nSPS) is 25.6. The molecule has 2 heteroatoms. The number of aryl methyl sites for hydroxylation is 2. The first-order valence-electron chi connectivity index (χ1n) is 15.7. The summed E-state index contributed by atoms with van der Waals surface area (Å²) in [4.78, 5) is 0. The lowest BCUT2D eigenvalue weighted by Crippen LogP contribution is -2.48. The van der Waals surface area contributed by atoms with Crippen LogP contribution in [0.2, 0.25) is 0 Å². The van der Waals surface area contributed by atoms with Crippen LogP contribution in [0, 0.1) is 24.7 Å². The molecule has 4 fully saturated rings. The van der Waals surface area contributed by atoms with Crippen molar-refractivity contribution in [3.05, 3.63) is 96.2 Å². The summed E-state index contributed by atoms with van der Waals surface area (Å²) >= 11 is 0. The molecule has 0 N–H and O–H groups in total. The van der Waals surface area contributed by atoms with Gasteiger partial charge in [0, 0.05) is 22.4 Å². The summed E-state index contributed by atoms with van der Waals surface area (Å²) in [5, 5.41) is 6.92. The molecular formula is C39H35N2+. The Bertz CT molecular complexity index is 2160.